The van der Waals surface area contributed by atoms with E-state index in [0.29, 0.717) is 0 Å². The lowest BCUT2D eigenvalue weighted by Gasteiger charge is -2.22. The lowest BCUT2D eigenvalue weighted by atomic mass is 10.0. The van der Waals surface area contributed by atoms with Gasteiger partial charge in [0.15, 0.2) is 0 Å². The molecule has 0 spiro atoms. The smallest absolute Gasteiger partial charge is 0.142 e. The summed E-state index contributed by atoms with van der Waals surface area (Å²) in [5.74, 6) is 1.74. The van der Waals surface area contributed by atoms with Crippen molar-refractivity contribution in [2.45, 2.75) is 6.10 Å². The molecule has 0 amide bonds. The highest BCUT2D eigenvalue weighted by Crippen LogP contribution is 2.34. The Bertz CT molecular complexity index is 573. The molecule has 2 nitrogen and oxygen atoms in total. The van der Waals surface area contributed by atoms with Crippen molar-refractivity contribution in [2.24, 2.45) is 0 Å². The average Bonchev–Trinajstić information content (AvgIpc) is 2.47. The second kappa shape index (κ2) is 4.57. The Balaban J connectivity index is 1.91. The molecule has 1 aliphatic heterocycles. The van der Waals surface area contributed by atoms with Crippen LogP contribution in [0.15, 0.2) is 54.6 Å². The second-order valence-electron chi connectivity index (χ2n) is 4.21. The molecule has 0 N–H and O–H groups in total. The number of ether oxygens (including phenoxy) is 2. The number of methoxy groups -OCH3 is 1. The van der Waals surface area contributed by atoms with Crippen molar-refractivity contribution in [1.82, 2.24) is 0 Å². The molecule has 1 atom stereocenters. The van der Waals surface area contributed by atoms with Gasteiger partial charge in [0.05, 0.1) is 7.11 Å². The van der Waals surface area contributed by atoms with E-state index in [-0.39, 0.29) is 6.10 Å². The molecule has 0 saturated carbocycles. The van der Waals surface area contributed by atoms with Gasteiger partial charge in [-0.25, -0.2) is 0 Å². The predicted octanol–water partition coefficient (Wildman–Crippen LogP) is 3.84. The van der Waals surface area contributed by atoms with Crippen molar-refractivity contribution in [1.29, 1.82) is 0 Å². The first-order valence-corrected chi connectivity index (χ1v) is 5.94. The number of hydrogen-bond acceptors (Lipinski definition) is 2. The van der Waals surface area contributed by atoms with Crippen molar-refractivity contribution in [2.75, 3.05) is 7.11 Å². The molecule has 18 heavy (non-hydrogen) atoms. The molecule has 0 aliphatic carbocycles. The minimum Gasteiger partial charge on any atom is -0.497 e. The van der Waals surface area contributed by atoms with Gasteiger partial charge in [0, 0.05) is 5.56 Å². The molecular formula is C16H14O2. The van der Waals surface area contributed by atoms with Crippen molar-refractivity contribution in [3.63, 3.8) is 0 Å². The summed E-state index contributed by atoms with van der Waals surface area (Å²) in [5.41, 5.74) is 2.22. The number of hydrogen-bond donors (Lipinski definition) is 0. The van der Waals surface area contributed by atoms with Crippen LogP contribution >= 0.6 is 0 Å². The van der Waals surface area contributed by atoms with Gasteiger partial charge in [0.2, 0.25) is 0 Å². The van der Waals surface area contributed by atoms with Gasteiger partial charge in [-0.05, 0) is 29.8 Å². The van der Waals surface area contributed by atoms with Crippen LogP contribution in [0.2, 0.25) is 0 Å². The van der Waals surface area contributed by atoms with Crippen LogP contribution in [0.4, 0.5) is 0 Å². The first-order chi connectivity index (χ1) is 8.86. The Morgan fingerprint density at radius 1 is 1.06 bits per heavy atom. The third kappa shape index (κ3) is 1.97. The van der Waals surface area contributed by atoms with Crippen LogP contribution in [0.5, 0.6) is 11.5 Å². The van der Waals surface area contributed by atoms with Crippen LogP contribution in [0.1, 0.15) is 17.2 Å². The highest BCUT2D eigenvalue weighted by Gasteiger charge is 2.16. The lowest BCUT2D eigenvalue weighted by Crippen LogP contribution is -2.08. The van der Waals surface area contributed by atoms with Gasteiger partial charge in [0.25, 0.3) is 0 Å². The van der Waals surface area contributed by atoms with Crippen LogP contribution < -0.4 is 9.47 Å². The van der Waals surface area contributed by atoms with E-state index < -0.39 is 0 Å². The van der Waals surface area contributed by atoms with E-state index in [1.165, 1.54) is 0 Å². The summed E-state index contributed by atoms with van der Waals surface area (Å²) in [7, 11) is 1.67. The molecule has 90 valence electrons. The third-order valence-electron chi connectivity index (χ3n) is 3.05. The first kappa shape index (κ1) is 10.9. The fraction of sp³-hybridized carbons (Fsp3) is 0.125. The standard InChI is InChI=1S/C16H14O2/c1-17-14-8-10-16-13(11-14)7-9-15(18-16)12-5-3-2-4-6-12/h2-11,15H,1H3/t15-/m0/s1. The molecule has 0 aromatic heterocycles. The van der Waals surface area contributed by atoms with Crippen LogP contribution in [-0.2, 0) is 0 Å². The minimum atomic E-state index is -0.00732. The fourth-order valence-electron chi connectivity index (χ4n) is 2.08. The Hall–Kier alpha value is -2.22. The van der Waals surface area contributed by atoms with E-state index >= 15 is 0 Å². The quantitative estimate of drug-likeness (QED) is 0.791. The zero-order valence-electron chi connectivity index (χ0n) is 10.2. The Kier molecular flexibility index (Phi) is 2.77. The highest BCUT2D eigenvalue weighted by molar-refractivity contribution is 5.62. The predicted molar refractivity (Wildman–Crippen MR) is 71.8 cm³/mol. The van der Waals surface area contributed by atoms with Crippen LogP contribution in [0.3, 0.4) is 0 Å². The van der Waals surface area contributed by atoms with E-state index in [0.717, 1.165) is 22.6 Å². The summed E-state index contributed by atoms with van der Waals surface area (Å²) in [4.78, 5) is 0. The van der Waals surface area contributed by atoms with Gasteiger partial charge in [0.1, 0.15) is 17.6 Å². The molecule has 2 heteroatoms. The zero-order valence-corrected chi connectivity index (χ0v) is 10.2. The van der Waals surface area contributed by atoms with E-state index in [9.17, 15) is 0 Å². The lowest BCUT2D eigenvalue weighted by molar-refractivity contribution is 0.251. The third-order valence-corrected chi connectivity index (χ3v) is 3.05. The number of fused-ring (bicyclic) bond motifs is 1. The maximum Gasteiger partial charge on any atom is 0.142 e. The van der Waals surface area contributed by atoms with E-state index in [1.54, 1.807) is 7.11 Å². The van der Waals surface area contributed by atoms with Gasteiger partial charge in [-0.2, -0.15) is 0 Å². The molecule has 0 fully saturated rings. The van der Waals surface area contributed by atoms with E-state index in [1.807, 2.05) is 36.4 Å². The minimum absolute atomic E-state index is 0.00732. The van der Waals surface area contributed by atoms with Crippen molar-refractivity contribution >= 4 is 6.08 Å². The molecule has 2 aromatic rings. The SMILES string of the molecule is COc1ccc2c(c1)C=C[C@@H](c1ccccc1)O2. The van der Waals surface area contributed by atoms with Gasteiger partial charge < -0.3 is 9.47 Å². The summed E-state index contributed by atoms with van der Waals surface area (Å²) in [6.45, 7) is 0. The average molecular weight is 238 g/mol. The largest absolute Gasteiger partial charge is 0.497 e. The molecule has 2 aromatic carbocycles. The van der Waals surface area contributed by atoms with Gasteiger partial charge in [-0.1, -0.05) is 36.4 Å². The molecule has 0 radical (unpaired) electrons. The Morgan fingerprint density at radius 2 is 1.89 bits per heavy atom. The maximum atomic E-state index is 5.98. The van der Waals surface area contributed by atoms with Gasteiger partial charge in [-0.3, -0.25) is 0 Å². The summed E-state index contributed by atoms with van der Waals surface area (Å²) in [6.07, 6.45) is 4.14. The summed E-state index contributed by atoms with van der Waals surface area (Å²) >= 11 is 0. The fourth-order valence-corrected chi connectivity index (χ4v) is 2.08. The normalized spacial score (nSPS) is 16.8. The molecule has 0 saturated heterocycles. The zero-order chi connectivity index (χ0) is 12.4. The molecule has 1 heterocycles. The van der Waals surface area contributed by atoms with Crippen LogP contribution in [0, 0.1) is 0 Å². The molecular weight excluding hydrogens is 224 g/mol. The van der Waals surface area contributed by atoms with Crippen molar-refractivity contribution in [3.05, 3.63) is 65.7 Å². The summed E-state index contributed by atoms with van der Waals surface area (Å²) in [6, 6.07) is 16.1. The molecule has 0 unspecified atom stereocenters. The summed E-state index contributed by atoms with van der Waals surface area (Å²) in [5, 5.41) is 0. The van der Waals surface area contributed by atoms with E-state index in [2.05, 4.69) is 24.3 Å². The monoisotopic (exact) mass is 238 g/mol. The highest BCUT2D eigenvalue weighted by atomic mass is 16.5. The molecule has 3 rings (SSSR count). The van der Waals surface area contributed by atoms with Crippen molar-refractivity contribution in [3.8, 4) is 11.5 Å². The van der Waals surface area contributed by atoms with Crippen LogP contribution in [-0.4, -0.2) is 7.11 Å². The topological polar surface area (TPSA) is 18.5 Å². The Labute approximate surface area is 106 Å². The second-order valence-corrected chi connectivity index (χ2v) is 4.21. The van der Waals surface area contributed by atoms with Gasteiger partial charge >= 0.3 is 0 Å². The van der Waals surface area contributed by atoms with Crippen molar-refractivity contribution < 1.29 is 9.47 Å². The number of benzene rings is 2. The Morgan fingerprint density at radius 3 is 2.67 bits per heavy atom. The van der Waals surface area contributed by atoms with E-state index in [4.69, 9.17) is 9.47 Å². The summed E-state index contributed by atoms with van der Waals surface area (Å²) < 4.78 is 11.2. The maximum absolute atomic E-state index is 5.98. The number of rotatable bonds is 2. The van der Waals surface area contributed by atoms with Gasteiger partial charge in [-0.15, -0.1) is 0 Å². The molecule has 1 aliphatic rings. The van der Waals surface area contributed by atoms with Crippen LogP contribution in [0.25, 0.3) is 6.08 Å². The molecule has 0 bridgehead atoms. The first-order valence-electron chi connectivity index (χ1n) is 5.94.